The first-order valence-corrected chi connectivity index (χ1v) is 12.3. The molecule has 30 heavy (non-hydrogen) atoms. The standard InChI is InChI=1S/C21H38N4O4S/c1-8-12-28-18-11-10-17(14-19(18)29-13-9-2)16(3)24-20(22-6)23-15-21(4,5)25-30(7,26)27/h10-11,14,16,25H,8-9,12-13,15H2,1-7H3,(H2,22,23,24). The van der Waals surface area contributed by atoms with Gasteiger partial charge >= 0.3 is 0 Å². The molecule has 0 radical (unpaired) electrons. The molecule has 0 saturated heterocycles. The summed E-state index contributed by atoms with van der Waals surface area (Å²) >= 11 is 0. The van der Waals surface area contributed by atoms with E-state index < -0.39 is 15.6 Å². The summed E-state index contributed by atoms with van der Waals surface area (Å²) in [5.41, 5.74) is 0.370. The lowest BCUT2D eigenvalue weighted by Crippen LogP contribution is -2.53. The van der Waals surface area contributed by atoms with Gasteiger partial charge in [-0.15, -0.1) is 0 Å². The number of nitrogens with zero attached hydrogens (tertiary/aromatic N) is 1. The Labute approximate surface area is 181 Å². The summed E-state index contributed by atoms with van der Waals surface area (Å²) in [7, 11) is -1.62. The lowest BCUT2D eigenvalue weighted by molar-refractivity contribution is 0.268. The number of benzene rings is 1. The van der Waals surface area contributed by atoms with Crippen molar-refractivity contribution >= 4 is 16.0 Å². The molecule has 8 nitrogen and oxygen atoms in total. The summed E-state index contributed by atoms with van der Waals surface area (Å²) in [6.45, 7) is 11.4. The molecule has 0 spiro atoms. The van der Waals surface area contributed by atoms with Crippen molar-refractivity contribution in [1.29, 1.82) is 0 Å². The maximum Gasteiger partial charge on any atom is 0.209 e. The summed E-state index contributed by atoms with van der Waals surface area (Å²) in [4.78, 5) is 4.24. The van der Waals surface area contributed by atoms with Gasteiger partial charge < -0.3 is 20.1 Å². The van der Waals surface area contributed by atoms with E-state index in [2.05, 4.69) is 34.2 Å². The number of sulfonamides is 1. The maximum atomic E-state index is 11.5. The predicted octanol–water partition coefficient (Wildman–Crippen LogP) is 2.82. The minimum atomic E-state index is -3.30. The van der Waals surface area contributed by atoms with Crippen LogP contribution in [0.1, 0.15) is 59.1 Å². The Morgan fingerprint density at radius 2 is 1.73 bits per heavy atom. The van der Waals surface area contributed by atoms with Crippen molar-refractivity contribution in [3.63, 3.8) is 0 Å². The smallest absolute Gasteiger partial charge is 0.209 e. The Morgan fingerprint density at radius 3 is 2.27 bits per heavy atom. The average molecular weight is 443 g/mol. The van der Waals surface area contributed by atoms with Crippen LogP contribution in [-0.4, -0.2) is 53.0 Å². The van der Waals surface area contributed by atoms with Gasteiger partial charge in [0.25, 0.3) is 0 Å². The van der Waals surface area contributed by atoms with E-state index in [1.54, 1.807) is 7.05 Å². The molecule has 0 aliphatic heterocycles. The second kappa shape index (κ2) is 12.0. The van der Waals surface area contributed by atoms with Gasteiger partial charge in [0, 0.05) is 19.1 Å². The number of hydrogen-bond acceptors (Lipinski definition) is 5. The highest BCUT2D eigenvalue weighted by molar-refractivity contribution is 7.88. The minimum absolute atomic E-state index is 0.0496. The van der Waals surface area contributed by atoms with Crippen LogP contribution in [0.25, 0.3) is 0 Å². The zero-order valence-corrected chi connectivity index (χ0v) is 20.1. The number of rotatable bonds is 12. The number of hydrogen-bond donors (Lipinski definition) is 3. The first-order chi connectivity index (χ1) is 14.0. The van der Waals surface area contributed by atoms with Crippen LogP contribution < -0.4 is 24.8 Å². The van der Waals surface area contributed by atoms with Crippen LogP contribution in [-0.2, 0) is 10.0 Å². The SMILES string of the molecule is CCCOc1ccc(C(C)NC(=NC)NCC(C)(C)NS(C)(=O)=O)cc1OCCC. The van der Waals surface area contributed by atoms with Crippen LogP contribution in [0.5, 0.6) is 11.5 Å². The molecule has 0 aliphatic carbocycles. The molecule has 172 valence electrons. The van der Waals surface area contributed by atoms with E-state index >= 15 is 0 Å². The second-order valence-electron chi connectivity index (χ2n) is 7.95. The lowest BCUT2D eigenvalue weighted by atomic mass is 10.1. The molecule has 1 unspecified atom stereocenters. The van der Waals surface area contributed by atoms with E-state index in [4.69, 9.17) is 9.47 Å². The van der Waals surface area contributed by atoms with Gasteiger partial charge in [0.15, 0.2) is 17.5 Å². The molecule has 1 aromatic rings. The third-order valence-electron chi connectivity index (χ3n) is 4.13. The van der Waals surface area contributed by atoms with Gasteiger partial charge in [0.1, 0.15) is 0 Å². The van der Waals surface area contributed by atoms with E-state index in [0.717, 1.165) is 36.2 Å². The fourth-order valence-corrected chi connectivity index (χ4v) is 3.85. The molecule has 1 rings (SSSR count). The fraction of sp³-hybridized carbons (Fsp3) is 0.667. The van der Waals surface area contributed by atoms with Crippen molar-refractivity contribution in [3.05, 3.63) is 23.8 Å². The van der Waals surface area contributed by atoms with Crippen molar-refractivity contribution in [1.82, 2.24) is 15.4 Å². The quantitative estimate of drug-likeness (QED) is 0.340. The van der Waals surface area contributed by atoms with E-state index in [0.29, 0.717) is 25.7 Å². The summed E-state index contributed by atoms with van der Waals surface area (Å²) in [5, 5.41) is 6.51. The molecular weight excluding hydrogens is 404 g/mol. The molecule has 1 atom stereocenters. The van der Waals surface area contributed by atoms with Gasteiger partial charge in [-0.1, -0.05) is 19.9 Å². The van der Waals surface area contributed by atoms with Crippen molar-refractivity contribution in [3.8, 4) is 11.5 Å². The molecule has 0 aliphatic rings. The van der Waals surface area contributed by atoms with Crippen LogP contribution in [0, 0.1) is 0 Å². The van der Waals surface area contributed by atoms with E-state index in [1.807, 2.05) is 39.0 Å². The second-order valence-corrected chi connectivity index (χ2v) is 9.70. The van der Waals surface area contributed by atoms with Gasteiger partial charge in [-0.05, 0) is 51.3 Å². The highest BCUT2D eigenvalue weighted by Crippen LogP contribution is 2.31. The number of aliphatic imine (C=N–C) groups is 1. The highest BCUT2D eigenvalue weighted by Gasteiger charge is 2.22. The van der Waals surface area contributed by atoms with E-state index in [-0.39, 0.29) is 6.04 Å². The predicted molar refractivity (Wildman–Crippen MR) is 123 cm³/mol. The fourth-order valence-electron chi connectivity index (χ4n) is 2.78. The van der Waals surface area contributed by atoms with Gasteiger partial charge in [-0.25, -0.2) is 13.1 Å². The Morgan fingerprint density at radius 1 is 1.13 bits per heavy atom. The zero-order chi connectivity index (χ0) is 22.8. The molecule has 1 aromatic carbocycles. The van der Waals surface area contributed by atoms with E-state index in [9.17, 15) is 8.42 Å². The summed E-state index contributed by atoms with van der Waals surface area (Å²) < 4.78 is 37.3. The molecule has 0 heterocycles. The molecule has 0 bridgehead atoms. The van der Waals surface area contributed by atoms with Crippen LogP contribution in [0.3, 0.4) is 0 Å². The molecule has 0 amide bonds. The van der Waals surface area contributed by atoms with Crippen LogP contribution in [0.2, 0.25) is 0 Å². The topological polar surface area (TPSA) is 101 Å². The largest absolute Gasteiger partial charge is 0.490 e. The van der Waals surface area contributed by atoms with E-state index in [1.165, 1.54) is 0 Å². The van der Waals surface area contributed by atoms with Crippen LogP contribution in [0.4, 0.5) is 0 Å². The molecule has 0 fully saturated rings. The maximum absolute atomic E-state index is 11.5. The van der Waals surface area contributed by atoms with Crippen molar-refractivity contribution in [2.75, 3.05) is 33.1 Å². The lowest BCUT2D eigenvalue weighted by Gasteiger charge is -2.27. The summed E-state index contributed by atoms with van der Waals surface area (Å²) in [6, 6.07) is 5.88. The third kappa shape index (κ3) is 9.67. The van der Waals surface area contributed by atoms with Gasteiger partial charge in [0.05, 0.1) is 25.5 Å². The normalized spacial score (nSPS) is 13.6. The van der Waals surface area contributed by atoms with Crippen molar-refractivity contribution in [2.24, 2.45) is 4.99 Å². The highest BCUT2D eigenvalue weighted by atomic mass is 32.2. The van der Waals surface area contributed by atoms with Gasteiger partial charge in [0.2, 0.25) is 10.0 Å². The van der Waals surface area contributed by atoms with Gasteiger partial charge in [-0.3, -0.25) is 4.99 Å². The summed E-state index contributed by atoms with van der Waals surface area (Å²) in [5.74, 6) is 2.06. The number of guanidine groups is 1. The first-order valence-electron chi connectivity index (χ1n) is 10.4. The zero-order valence-electron chi connectivity index (χ0n) is 19.3. The first kappa shape index (κ1) is 26.0. The summed E-state index contributed by atoms with van der Waals surface area (Å²) in [6.07, 6.45) is 2.99. The van der Waals surface area contributed by atoms with Gasteiger partial charge in [-0.2, -0.15) is 0 Å². The molecule has 0 aromatic heterocycles. The number of nitrogens with one attached hydrogen (secondary N) is 3. The molecular formula is C21H38N4O4S. The monoisotopic (exact) mass is 442 g/mol. The number of ether oxygens (including phenoxy) is 2. The molecule has 3 N–H and O–H groups in total. The Kier molecular flexibility index (Phi) is 10.4. The van der Waals surface area contributed by atoms with Crippen LogP contribution in [0.15, 0.2) is 23.2 Å². The molecule has 9 heteroatoms. The van der Waals surface area contributed by atoms with Crippen molar-refractivity contribution < 1.29 is 17.9 Å². The van der Waals surface area contributed by atoms with Crippen LogP contribution >= 0.6 is 0 Å². The third-order valence-corrected chi connectivity index (χ3v) is 5.05. The molecule has 0 saturated carbocycles. The Balaban J connectivity index is 2.84. The average Bonchev–Trinajstić information content (AvgIpc) is 2.66. The minimum Gasteiger partial charge on any atom is -0.490 e. The Hall–Kier alpha value is -2.00. The Bertz CT molecular complexity index is 794. The van der Waals surface area contributed by atoms with Crippen molar-refractivity contribution in [2.45, 2.75) is 59.0 Å².